The van der Waals surface area contributed by atoms with E-state index < -0.39 is 5.97 Å². The van der Waals surface area contributed by atoms with E-state index in [1.807, 2.05) is 0 Å². The maximum Gasteiger partial charge on any atom is 0.352 e. The number of aromatic carboxylic acids is 1. The fourth-order valence-corrected chi connectivity index (χ4v) is 1.15. The van der Waals surface area contributed by atoms with E-state index in [4.69, 9.17) is 14.6 Å². The van der Waals surface area contributed by atoms with Gasteiger partial charge in [0.05, 0.1) is 14.2 Å². The molecule has 0 amide bonds. The van der Waals surface area contributed by atoms with Gasteiger partial charge in [0.2, 0.25) is 5.88 Å². The number of carbonyl (C=O) groups is 1. The molecule has 13 heavy (non-hydrogen) atoms. The molecule has 0 atom stereocenters. The number of ether oxygens (including phenoxy) is 2. The van der Waals surface area contributed by atoms with Crippen molar-refractivity contribution in [2.24, 2.45) is 7.05 Å². The SMILES string of the molecule is COc1cc(C(=O)O)n(C)c1OC. The van der Waals surface area contributed by atoms with Gasteiger partial charge in [0, 0.05) is 13.1 Å². The maximum absolute atomic E-state index is 10.7. The van der Waals surface area contributed by atoms with E-state index in [1.165, 1.54) is 24.9 Å². The zero-order chi connectivity index (χ0) is 10.0. The Hall–Kier alpha value is -1.65. The molecule has 0 aromatic carbocycles. The Labute approximate surface area is 75.5 Å². The van der Waals surface area contributed by atoms with Gasteiger partial charge in [-0.1, -0.05) is 0 Å². The molecule has 5 nitrogen and oxygen atoms in total. The highest BCUT2D eigenvalue weighted by Gasteiger charge is 2.17. The van der Waals surface area contributed by atoms with Crippen LogP contribution in [0.1, 0.15) is 10.5 Å². The first-order valence-electron chi connectivity index (χ1n) is 3.62. The van der Waals surface area contributed by atoms with Gasteiger partial charge in [-0.3, -0.25) is 0 Å². The minimum absolute atomic E-state index is 0.133. The first-order chi connectivity index (χ1) is 6.11. The largest absolute Gasteiger partial charge is 0.491 e. The van der Waals surface area contributed by atoms with Crippen LogP contribution in [0.4, 0.5) is 0 Å². The lowest BCUT2D eigenvalue weighted by atomic mass is 10.4. The van der Waals surface area contributed by atoms with Gasteiger partial charge in [0.15, 0.2) is 5.75 Å². The van der Waals surface area contributed by atoms with Crippen LogP contribution in [0.2, 0.25) is 0 Å². The highest BCUT2D eigenvalue weighted by atomic mass is 16.5. The molecule has 0 unspecified atom stereocenters. The number of hydrogen-bond acceptors (Lipinski definition) is 3. The highest BCUT2D eigenvalue weighted by Crippen LogP contribution is 2.29. The minimum atomic E-state index is -1.01. The van der Waals surface area contributed by atoms with Crippen LogP contribution in [0.3, 0.4) is 0 Å². The molecule has 0 saturated heterocycles. The van der Waals surface area contributed by atoms with Crippen molar-refractivity contribution in [1.29, 1.82) is 0 Å². The van der Waals surface area contributed by atoms with E-state index in [9.17, 15) is 4.79 Å². The van der Waals surface area contributed by atoms with E-state index in [0.717, 1.165) is 0 Å². The van der Waals surface area contributed by atoms with E-state index in [1.54, 1.807) is 7.05 Å². The van der Waals surface area contributed by atoms with Crippen molar-refractivity contribution in [1.82, 2.24) is 4.57 Å². The van der Waals surface area contributed by atoms with Gasteiger partial charge in [0.25, 0.3) is 0 Å². The van der Waals surface area contributed by atoms with Crippen LogP contribution in [-0.4, -0.2) is 29.9 Å². The van der Waals surface area contributed by atoms with Crippen LogP contribution < -0.4 is 9.47 Å². The van der Waals surface area contributed by atoms with Gasteiger partial charge in [-0.05, 0) is 0 Å². The monoisotopic (exact) mass is 185 g/mol. The average molecular weight is 185 g/mol. The van der Waals surface area contributed by atoms with Gasteiger partial charge in [-0.15, -0.1) is 0 Å². The van der Waals surface area contributed by atoms with Gasteiger partial charge in [-0.25, -0.2) is 4.79 Å². The van der Waals surface area contributed by atoms with Crippen molar-refractivity contribution in [3.05, 3.63) is 11.8 Å². The molecule has 1 aromatic heterocycles. The molecule has 5 heteroatoms. The summed E-state index contributed by atoms with van der Waals surface area (Å²) in [6.45, 7) is 0. The van der Waals surface area contributed by atoms with Crippen molar-refractivity contribution >= 4 is 5.97 Å². The quantitative estimate of drug-likeness (QED) is 0.754. The third kappa shape index (κ3) is 1.44. The Bertz CT molecular complexity index is 329. The van der Waals surface area contributed by atoms with E-state index >= 15 is 0 Å². The summed E-state index contributed by atoms with van der Waals surface area (Å²) in [5.41, 5.74) is 0.133. The summed E-state index contributed by atoms with van der Waals surface area (Å²) in [7, 11) is 4.53. The molecular formula is C8H11NO4. The molecule has 0 aliphatic heterocycles. The molecule has 0 radical (unpaired) electrons. The zero-order valence-corrected chi connectivity index (χ0v) is 7.70. The Balaban J connectivity index is 3.26. The molecule has 1 rings (SSSR count). The predicted octanol–water partition coefficient (Wildman–Crippen LogP) is 0.740. The van der Waals surface area contributed by atoms with Crippen LogP contribution in [0.15, 0.2) is 6.07 Å². The second-order valence-corrected chi connectivity index (χ2v) is 2.47. The normalized spacial score (nSPS) is 9.77. The smallest absolute Gasteiger partial charge is 0.352 e. The number of carboxylic acid groups (broad SMARTS) is 1. The van der Waals surface area contributed by atoms with Gasteiger partial charge in [-0.2, -0.15) is 0 Å². The highest BCUT2D eigenvalue weighted by molar-refractivity contribution is 5.87. The number of nitrogens with zero attached hydrogens (tertiary/aromatic N) is 1. The van der Waals surface area contributed by atoms with Crippen molar-refractivity contribution in [2.45, 2.75) is 0 Å². The third-order valence-corrected chi connectivity index (χ3v) is 1.78. The van der Waals surface area contributed by atoms with Gasteiger partial charge >= 0.3 is 5.97 Å². The van der Waals surface area contributed by atoms with E-state index in [2.05, 4.69) is 0 Å². The summed E-state index contributed by atoms with van der Waals surface area (Å²) < 4.78 is 11.3. The molecule has 0 bridgehead atoms. The summed E-state index contributed by atoms with van der Waals surface area (Å²) in [4.78, 5) is 10.7. The first-order valence-corrected chi connectivity index (χ1v) is 3.62. The van der Waals surface area contributed by atoms with Crippen LogP contribution in [0.25, 0.3) is 0 Å². The predicted molar refractivity (Wildman–Crippen MR) is 45.5 cm³/mol. The van der Waals surface area contributed by atoms with Crippen molar-refractivity contribution < 1.29 is 19.4 Å². The Kier molecular flexibility index (Phi) is 2.46. The molecule has 1 aromatic rings. The Morgan fingerprint density at radius 2 is 2.08 bits per heavy atom. The average Bonchev–Trinajstić information content (AvgIpc) is 2.41. The summed E-state index contributed by atoms with van der Waals surface area (Å²) in [6.07, 6.45) is 0. The summed E-state index contributed by atoms with van der Waals surface area (Å²) in [5.74, 6) is -0.189. The zero-order valence-electron chi connectivity index (χ0n) is 7.70. The molecule has 1 N–H and O–H groups in total. The topological polar surface area (TPSA) is 60.7 Å². The molecule has 0 aliphatic rings. The fourth-order valence-electron chi connectivity index (χ4n) is 1.15. The number of carboxylic acids is 1. The van der Waals surface area contributed by atoms with Crippen molar-refractivity contribution in [3.8, 4) is 11.6 Å². The van der Waals surface area contributed by atoms with Crippen molar-refractivity contribution in [3.63, 3.8) is 0 Å². The summed E-state index contributed by atoms with van der Waals surface area (Å²) >= 11 is 0. The van der Waals surface area contributed by atoms with Crippen LogP contribution in [0.5, 0.6) is 11.6 Å². The van der Waals surface area contributed by atoms with E-state index in [0.29, 0.717) is 11.6 Å². The second kappa shape index (κ2) is 3.38. The number of aromatic nitrogens is 1. The molecule has 72 valence electrons. The van der Waals surface area contributed by atoms with Crippen molar-refractivity contribution in [2.75, 3.05) is 14.2 Å². The molecule has 0 aliphatic carbocycles. The number of methoxy groups -OCH3 is 2. The Morgan fingerprint density at radius 3 is 2.38 bits per heavy atom. The van der Waals surface area contributed by atoms with E-state index in [-0.39, 0.29) is 5.69 Å². The Morgan fingerprint density at radius 1 is 1.46 bits per heavy atom. The lowest BCUT2D eigenvalue weighted by Gasteiger charge is -2.04. The first kappa shape index (κ1) is 9.44. The van der Waals surface area contributed by atoms with Crippen LogP contribution in [0, 0.1) is 0 Å². The van der Waals surface area contributed by atoms with Crippen LogP contribution >= 0.6 is 0 Å². The molecule has 0 saturated carbocycles. The molecule has 1 heterocycles. The number of rotatable bonds is 3. The van der Waals surface area contributed by atoms with Gasteiger partial charge < -0.3 is 19.1 Å². The lowest BCUT2D eigenvalue weighted by molar-refractivity contribution is 0.0685. The standard InChI is InChI=1S/C8H11NO4/c1-9-5(8(10)11)4-6(12-2)7(9)13-3/h4H,1-3H3,(H,10,11). The second-order valence-electron chi connectivity index (χ2n) is 2.47. The summed E-state index contributed by atoms with van der Waals surface area (Å²) in [6, 6.07) is 1.42. The third-order valence-electron chi connectivity index (χ3n) is 1.78. The molecular weight excluding hydrogens is 174 g/mol. The van der Waals surface area contributed by atoms with Gasteiger partial charge in [0.1, 0.15) is 5.69 Å². The fraction of sp³-hybridized carbons (Fsp3) is 0.375. The lowest BCUT2D eigenvalue weighted by Crippen LogP contribution is -2.05. The molecule has 0 fully saturated rings. The molecule has 0 spiro atoms. The number of hydrogen-bond donors (Lipinski definition) is 1. The summed E-state index contributed by atoms with van der Waals surface area (Å²) in [5, 5.41) is 8.76. The minimum Gasteiger partial charge on any atom is -0.491 e. The maximum atomic E-state index is 10.7. The van der Waals surface area contributed by atoms with Crippen LogP contribution in [-0.2, 0) is 7.05 Å².